The topological polar surface area (TPSA) is 46.3 Å². The lowest BCUT2D eigenvalue weighted by atomic mass is 9.83. The van der Waals surface area contributed by atoms with E-state index >= 15 is 0 Å². The average Bonchev–Trinajstić information content (AvgIpc) is 2.27. The maximum atomic E-state index is 12.1. The van der Waals surface area contributed by atoms with Gasteiger partial charge in [-0.05, 0) is 25.2 Å². The van der Waals surface area contributed by atoms with E-state index in [9.17, 15) is 4.79 Å². The Kier molecular flexibility index (Phi) is 4.08. The molecule has 2 fully saturated rings. The molecule has 2 rings (SSSR count). The summed E-state index contributed by atoms with van der Waals surface area (Å²) in [4.78, 5) is 14.0. The molecule has 2 aliphatic rings. The van der Waals surface area contributed by atoms with E-state index in [4.69, 9.17) is 5.73 Å². The van der Waals surface area contributed by atoms with Gasteiger partial charge < -0.3 is 10.6 Å². The first kappa shape index (κ1) is 12.9. The molecule has 1 saturated carbocycles. The summed E-state index contributed by atoms with van der Waals surface area (Å²) >= 11 is 0. The van der Waals surface area contributed by atoms with Crippen molar-refractivity contribution in [3.05, 3.63) is 0 Å². The van der Waals surface area contributed by atoms with Gasteiger partial charge in [0.1, 0.15) is 0 Å². The molecule has 1 heterocycles. The van der Waals surface area contributed by atoms with Gasteiger partial charge in [0.15, 0.2) is 0 Å². The Morgan fingerprint density at radius 3 is 2.53 bits per heavy atom. The third-order valence-corrected chi connectivity index (χ3v) is 4.30. The zero-order chi connectivity index (χ0) is 12.3. The number of nitrogens with two attached hydrogens (primary N) is 1. The Hall–Kier alpha value is -0.570. The summed E-state index contributed by atoms with van der Waals surface area (Å²) in [5, 5.41) is 0. The zero-order valence-corrected chi connectivity index (χ0v) is 11.1. The molecular formula is C14H26N2O. The van der Waals surface area contributed by atoms with Crippen LogP contribution >= 0.6 is 0 Å². The van der Waals surface area contributed by atoms with Gasteiger partial charge in [0.2, 0.25) is 5.91 Å². The van der Waals surface area contributed by atoms with Crippen LogP contribution in [0.2, 0.25) is 0 Å². The first-order chi connectivity index (χ1) is 8.13. The van der Waals surface area contributed by atoms with Crippen molar-refractivity contribution in [1.29, 1.82) is 0 Å². The number of hydrogen-bond donors (Lipinski definition) is 1. The van der Waals surface area contributed by atoms with Crippen LogP contribution in [0.3, 0.4) is 0 Å². The molecule has 1 amide bonds. The molecule has 2 N–H and O–H groups in total. The maximum absolute atomic E-state index is 12.1. The molecule has 0 radical (unpaired) electrons. The molecule has 1 saturated heterocycles. The van der Waals surface area contributed by atoms with Crippen LogP contribution in [0.15, 0.2) is 0 Å². The molecule has 0 aromatic rings. The molecule has 0 bridgehead atoms. The Morgan fingerprint density at radius 2 is 1.94 bits per heavy atom. The van der Waals surface area contributed by atoms with Crippen LogP contribution in [0.1, 0.15) is 58.3 Å². The van der Waals surface area contributed by atoms with E-state index in [-0.39, 0.29) is 5.54 Å². The Bertz CT molecular complexity index is 265. The van der Waals surface area contributed by atoms with Crippen molar-refractivity contribution in [2.45, 2.75) is 63.8 Å². The highest BCUT2D eigenvalue weighted by atomic mass is 16.2. The lowest BCUT2D eigenvalue weighted by molar-refractivity contribution is -0.140. The molecule has 17 heavy (non-hydrogen) atoms. The summed E-state index contributed by atoms with van der Waals surface area (Å²) in [6, 6.07) is 0. The van der Waals surface area contributed by atoms with Crippen molar-refractivity contribution in [3.8, 4) is 0 Å². The molecular weight excluding hydrogens is 212 g/mol. The fraction of sp³-hybridized carbons (Fsp3) is 0.929. The largest absolute Gasteiger partial charge is 0.339 e. The predicted molar refractivity (Wildman–Crippen MR) is 69.6 cm³/mol. The zero-order valence-electron chi connectivity index (χ0n) is 11.1. The van der Waals surface area contributed by atoms with Gasteiger partial charge in [-0.1, -0.05) is 32.6 Å². The second-order valence-corrected chi connectivity index (χ2v) is 6.07. The lowest BCUT2D eigenvalue weighted by Gasteiger charge is -2.48. The first-order valence-corrected chi connectivity index (χ1v) is 7.19. The normalized spacial score (nSPS) is 24.5. The Labute approximate surface area is 105 Å². The number of carbonyl (C=O) groups excluding carboxylic acids is 1. The van der Waals surface area contributed by atoms with E-state index in [2.05, 4.69) is 6.92 Å². The van der Waals surface area contributed by atoms with Crippen molar-refractivity contribution in [3.63, 3.8) is 0 Å². The molecule has 3 heteroatoms. The highest BCUT2D eigenvalue weighted by Gasteiger charge is 2.41. The average molecular weight is 238 g/mol. The van der Waals surface area contributed by atoms with E-state index in [1.165, 1.54) is 32.1 Å². The lowest BCUT2D eigenvalue weighted by Crippen LogP contribution is -2.68. The van der Waals surface area contributed by atoms with Gasteiger partial charge in [-0.25, -0.2) is 0 Å². The second-order valence-electron chi connectivity index (χ2n) is 6.07. The molecule has 1 aliphatic carbocycles. The van der Waals surface area contributed by atoms with E-state index < -0.39 is 0 Å². The van der Waals surface area contributed by atoms with Crippen LogP contribution in [0.4, 0.5) is 0 Å². The van der Waals surface area contributed by atoms with E-state index in [1.807, 2.05) is 4.90 Å². The predicted octanol–water partition coefficient (Wildman–Crippen LogP) is 2.30. The van der Waals surface area contributed by atoms with Crippen molar-refractivity contribution in [2.24, 2.45) is 11.7 Å². The number of nitrogens with zero attached hydrogens (tertiary/aromatic N) is 1. The van der Waals surface area contributed by atoms with Gasteiger partial charge in [-0.15, -0.1) is 0 Å². The summed E-state index contributed by atoms with van der Waals surface area (Å²) in [6.45, 7) is 3.72. The van der Waals surface area contributed by atoms with Crippen LogP contribution in [0.25, 0.3) is 0 Å². The molecule has 0 unspecified atom stereocenters. The van der Waals surface area contributed by atoms with Gasteiger partial charge in [0, 0.05) is 19.5 Å². The highest BCUT2D eigenvalue weighted by Crippen LogP contribution is 2.29. The minimum absolute atomic E-state index is 0.0724. The summed E-state index contributed by atoms with van der Waals surface area (Å²) in [5.74, 6) is 0.990. The Balaban J connectivity index is 1.71. The van der Waals surface area contributed by atoms with Crippen LogP contribution in [0.5, 0.6) is 0 Å². The van der Waals surface area contributed by atoms with E-state index in [1.54, 1.807) is 0 Å². The van der Waals surface area contributed by atoms with E-state index in [0.29, 0.717) is 11.8 Å². The van der Waals surface area contributed by atoms with Gasteiger partial charge in [-0.2, -0.15) is 0 Å². The summed E-state index contributed by atoms with van der Waals surface area (Å²) in [7, 11) is 0. The fourth-order valence-electron chi connectivity index (χ4n) is 3.31. The van der Waals surface area contributed by atoms with Gasteiger partial charge >= 0.3 is 0 Å². The van der Waals surface area contributed by atoms with E-state index in [0.717, 1.165) is 32.4 Å². The van der Waals surface area contributed by atoms with Crippen LogP contribution in [-0.4, -0.2) is 29.4 Å². The van der Waals surface area contributed by atoms with Crippen molar-refractivity contribution in [2.75, 3.05) is 13.1 Å². The molecule has 1 aliphatic heterocycles. The molecule has 3 nitrogen and oxygen atoms in total. The third-order valence-electron chi connectivity index (χ3n) is 4.30. The van der Waals surface area contributed by atoms with Crippen molar-refractivity contribution in [1.82, 2.24) is 4.90 Å². The highest BCUT2D eigenvalue weighted by molar-refractivity contribution is 5.77. The molecule has 0 spiro atoms. The minimum atomic E-state index is -0.0724. The molecule has 0 aromatic heterocycles. The maximum Gasteiger partial charge on any atom is 0.222 e. The van der Waals surface area contributed by atoms with Gasteiger partial charge in [0.05, 0.1) is 5.54 Å². The van der Waals surface area contributed by atoms with Crippen LogP contribution in [-0.2, 0) is 4.79 Å². The smallest absolute Gasteiger partial charge is 0.222 e. The minimum Gasteiger partial charge on any atom is -0.339 e. The first-order valence-electron chi connectivity index (χ1n) is 7.19. The molecule has 0 aromatic carbocycles. The third kappa shape index (κ3) is 3.21. The summed E-state index contributed by atoms with van der Waals surface area (Å²) in [5.41, 5.74) is 6.11. The molecule has 0 atom stereocenters. The summed E-state index contributed by atoms with van der Waals surface area (Å²) in [6.07, 6.45) is 9.41. The number of amides is 1. The number of rotatable bonds is 4. The number of likely N-dealkylation sites (tertiary alicyclic amines) is 1. The standard InChI is InChI=1S/C14H26N2O/c1-2-8-14(15)10-16(11-14)13(17)9-12-6-4-3-5-7-12/h12H,2-11,15H2,1H3. The molecule has 98 valence electrons. The number of carbonyl (C=O) groups is 1. The van der Waals surface area contributed by atoms with Crippen LogP contribution < -0.4 is 5.73 Å². The Morgan fingerprint density at radius 1 is 1.29 bits per heavy atom. The number of hydrogen-bond acceptors (Lipinski definition) is 2. The summed E-state index contributed by atoms with van der Waals surface area (Å²) < 4.78 is 0. The fourth-order valence-corrected chi connectivity index (χ4v) is 3.31. The monoisotopic (exact) mass is 238 g/mol. The van der Waals surface area contributed by atoms with Gasteiger partial charge in [0.25, 0.3) is 0 Å². The SMILES string of the molecule is CCCC1(N)CN(C(=O)CC2CCCCC2)C1. The van der Waals surface area contributed by atoms with Gasteiger partial charge in [-0.3, -0.25) is 4.79 Å². The second kappa shape index (κ2) is 5.38. The van der Waals surface area contributed by atoms with Crippen molar-refractivity contribution >= 4 is 5.91 Å². The van der Waals surface area contributed by atoms with Crippen LogP contribution in [0, 0.1) is 5.92 Å². The quantitative estimate of drug-likeness (QED) is 0.817. The van der Waals surface area contributed by atoms with Crippen molar-refractivity contribution < 1.29 is 4.79 Å².